The second kappa shape index (κ2) is 7.57. The van der Waals surface area contributed by atoms with E-state index < -0.39 is 0 Å². The van der Waals surface area contributed by atoms with Gasteiger partial charge in [0.15, 0.2) is 11.9 Å². The summed E-state index contributed by atoms with van der Waals surface area (Å²) >= 11 is 0. The van der Waals surface area contributed by atoms with Gasteiger partial charge in [-0.3, -0.25) is 0 Å². The molecule has 162 valence electrons. The average molecular weight is 440 g/mol. The van der Waals surface area contributed by atoms with E-state index in [0.29, 0.717) is 5.69 Å². The van der Waals surface area contributed by atoms with Crippen molar-refractivity contribution in [1.29, 1.82) is 0 Å². The molecule has 0 saturated heterocycles. The van der Waals surface area contributed by atoms with Crippen molar-refractivity contribution in [2.24, 2.45) is 7.05 Å². The van der Waals surface area contributed by atoms with Gasteiger partial charge in [-0.25, -0.2) is 9.41 Å². The largest absolute Gasteiger partial charge is 0.456 e. The van der Waals surface area contributed by atoms with Crippen molar-refractivity contribution >= 4 is 38.4 Å². The Morgan fingerprint density at radius 2 is 1.50 bits per heavy atom. The highest BCUT2D eigenvalue weighted by Crippen LogP contribution is 2.45. The van der Waals surface area contributed by atoms with Gasteiger partial charge in [-0.05, 0) is 41.3 Å². The first kappa shape index (κ1) is 20.2. The second-order valence-corrected chi connectivity index (χ2v) is 8.91. The summed E-state index contributed by atoms with van der Waals surface area (Å²) in [7, 11) is 2.06. The quantitative estimate of drug-likeness (QED) is 0.197. The summed E-state index contributed by atoms with van der Waals surface area (Å²) in [5, 5.41) is 4.36. The number of pyridine rings is 1. The number of aryl methyl sites for hydroxylation is 3. The molecule has 0 radical (unpaired) electrons. The van der Waals surface area contributed by atoms with E-state index in [4.69, 9.17) is 11.0 Å². The van der Waals surface area contributed by atoms with Gasteiger partial charge in [-0.2, -0.15) is 0 Å². The summed E-state index contributed by atoms with van der Waals surface area (Å²) in [4.78, 5) is 3.88. The van der Waals surface area contributed by atoms with E-state index in [1.54, 1.807) is 0 Å². The molecule has 34 heavy (non-hydrogen) atoms. The maximum absolute atomic E-state index is 7.89. The first-order valence-electron chi connectivity index (χ1n) is 11.4. The summed E-state index contributed by atoms with van der Waals surface area (Å²) < 4.78 is 8.87. The first-order valence-corrected chi connectivity index (χ1v) is 11.4. The van der Waals surface area contributed by atoms with Crippen LogP contribution in [0.2, 0.25) is 0 Å². The standard InChI is InChI=1S/C31H23N2O/c1-19-16-17-33(4)27(18-19)28-20(2)12-13-24-25-14-15-26(32-3)29(31(25)34-30(24)28)23-11-7-9-21-8-5-6-10-22(21)23/h5-18H,1-2,4H3/q+1. The van der Waals surface area contributed by atoms with Gasteiger partial charge < -0.3 is 4.42 Å². The third kappa shape index (κ3) is 2.93. The number of rotatable bonds is 2. The highest BCUT2D eigenvalue weighted by Gasteiger charge is 2.23. The highest BCUT2D eigenvalue weighted by molar-refractivity contribution is 6.17. The van der Waals surface area contributed by atoms with Gasteiger partial charge in [0.2, 0.25) is 5.69 Å². The summed E-state index contributed by atoms with van der Waals surface area (Å²) in [5.41, 5.74) is 8.67. The van der Waals surface area contributed by atoms with Crippen LogP contribution in [0.15, 0.2) is 89.5 Å². The Bertz CT molecular complexity index is 1800. The van der Waals surface area contributed by atoms with Crippen LogP contribution < -0.4 is 4.57 Å². The molecule has 3 nitrogen and oxygen atoms in total. The van der Waals surface area contributed by atoms with Gasteiger partial charge in [0.05, 0.1) is 12.1 Å². The van der Waals surface area contributed by atoms with Crippen LogP contribution in [0, 0.1) is 20.4 Å². The fourth-order valence-electron chi connectivity index (χ4n) is 5.03. The van der Waals surface area contributed by atoms with E-state index in [1.807, 2.05) is 24.3 Å². The van der Waals surface area contributed by atoms with Gasteiger partial charge >= 0.3 is 0 Å². The zero-order chi connectivity index (χ0) is 23.4. The molecule has 0 amide bonds. The van der Waals surface area contributed by atoms with E-state index >= 15 is 0 Å². The fourth-order valence-corrected chi connectivity index (χ4v) is 5.03. The number of hydrogen-bond donors (Lipinski definition) is 0. The number of furan rings is 1. The van der Waals surface area contributed by atoms with Crippen LogP contribution in [0.4, 0.5) is 5.69 Å². The summed E-state index contributed by atoms with van der Waals surface area (Å²) in [5.74, 6) is 0. The molecular formula is C31H23N2O+. The smallest absolute Gasteiger partial charge is 0.216 e. The van der Waals surface area contributed by atoms with Gasteiger partial charge in [0.25, 0.3) is 0 Å². The van der Waals surface area contributed by atoms with E-state index in [2.05, 4.69) is 91.1 Å². The third-order valence-corrected chi connectivity index (χ3v) is 6.74. The van der Waals surface area contributed by atoms with Crippen molar-refractivity contribution in [2.45, 2.75) is 13.8 Å². The maximum atomic E-state index is 7.89. The third-order valence-electron chi connectivity index (χ3n) is 6.74. The Morgan fingerprint density at radius 1 is 0.765 bits per heavy atom. The normalized spacial score (nSPS) is 11.4. The SMILES string of the molecule is [C-]#[N+]c1ccc2c(oc3c(-c4cc(C)cc[n+]4C)c(C)ccc32)c1-c1cccc2ccccc12. The molecule has 6 aromatic rings. The molecule has 6 rings (SSSR count). The average Bonchev–Trinajstić information content (AvgIpc) is 3.23. The zero-order valence-corrected chi connectivity index (χ0v) is 19.4. The lowest BCUT2D eigenvalue weighted by molar-refractivity contribution is -0.660. The number of benzene rings is 4. The maximum Gasteiger partial charge on any atom is 0.216 e. The molecule has 0 unspecified atom stereocenters. The lowest BCUT2D eigenvalue weighted by Gasteiger charge is -2.09. The lowest BCUT2D eigenvalue weighted by atomic mass is 9.94. The van der Waals surface area contributed by atoms with Crippen molar-refractivity contribution in [3.8, 4) is 22.4 Å². The summed E-state index contributed by atoms with van der Waals surface area (Å²) in [6.45, 7) is 12.1. The van der Waals surface area contributed by atoms with Crippen molar-refractivity contribution in [3.63, 3.8) is 0 Å². The molecule has 0 N–H and O–H groups in total. The van der Waals surface area contributed by atoms with Gasteiger partial charge in [0, 0.05) is 28.5 Å². The molecule has 0 bridgehead atoms. The molecule has 3 heteroatoms. The topological polar surface area (TPSA) is 21.4 Å². The molecule has 0 saturated carbocycles. The molecule has 4 aromatic carbocycles. The molecule has 0 aliphatic rings. The fraction of sp³-hybridized carbons (Fsp3) is 0.0968. The predicted octanol–water partition coefficient (Wildman–Crippen LogP) is 8.07. The minimum Gasteiger partial charge on any atom is -0.456 e. The van der Waals surface area contributed by atoms with Gasteiger partial charge in [0.1, 0.15) is 18.2 Å². The Labute approximate surface area is 198 Å². The van der Waals surface area contributed by atoms with Crippen LogP contribution in [0.3, 0.4) is 0 Å². The van der Waals surface area contributed by atoms with E-state index in [9.17, 15) is 0 Å². The van der Waals surface area contributed by atoms with Crippen LogP contribution in [-0.4, -0.2) is 0 Å². The summed E-state index contributed by atoms with van der Waals surface area (Å²) in [6.07, 6.45) is 2.09. The Balaban J connectivity index is 1.77. The number of hydrogen-bond acceptors (Lipinski definition) is 1. The van der Waals surface area contributed by atoms with Crippen LogP contribution in [-0.2, 0) is 7.05 Å². The molecule has 0 fully saturated rings. The van der Waals surface area contributed by atoms with E-state index in [-0.39, 0.29) is 0 Å². The van der Waals surface area contributed by atoms with Crippen molar-refractivity contribution in [1.82, 2.24) is 0 Å². The van der Waals surface area contributed by atoms with Crippen molar-refractivity contribution in [2.75, 3.05) is 0 Å². The van der Waals surface area contributed by atoms with Crippen LogP contribution in [0.5, 0.6) is 0 Å². The van der Waals surface area contributed by atoms with Crippen molar-refractivity contribution in [3.05, 3.63) is 108 Å². The van der Waals surface area contributed by atoms with Crippen molar-refractivity contribution < 1.29 is 8.98 Å². The Hall–Kier alpha value is -4.42. The lowest BCUT2D eigenvalue weighted by Crippen LogP contribution is -2.30. The minimum absolute atomic E-state index is 0.599. The Morgan fingerprint density at radius 3 is 2.32 bits per heavy atom. The predicted molar refractivity (Wildman–Crippen MR) is 139 cm³/mol. The number of nitrogens with zero attached hydrogens (tertiary/aromatic N) is 2. The number of fused-ring (bicyclic) bond motifs is 4. The molecule has 0 spiro atoms. The number of aromatic nitrogens is 1. The van der Waals surface area contributed by atoms with Gasteiger partial charge in [-0.15, -0.1) is 0 Å². The molecular weight excluding hydrogens is 416 g/mol. The van der Waals surface area contributed by atoms with E-state index in [0.717, 1.165) is 60.7 Å². The first-order chi connectivity index (χ1) is 16.6. The molecule has 0 aliphatic carbocycles. The van der Waals surface area contributed by atoms with Crippen LogP contribution in [0.25, 0.3) is 59.9 Å². The Kier molecular flexibility index (Phi) is 4.50. The molecule has 0 aliphatic heterocycles. The monoisotopic (exact) mass is 439 g/mol. The van der Waals surface area contributed by atoms with Crippen LogP contribution >= 0.6 is 0 Å². The highest BCUT2D eigenvalue weighted by atomic mass is 16.3. The summed E-state index contributed by atoms with van der Waals surface area (Å²) in [6, 6.07) is 27.1. The zero-order valence-electron chi connectivity index (χ0n) is 19.4. The van der Waals surface area contributed by atoms with Crippen LogP contribution in [0.1, 0.15) is 11.1 Å². The molecule has 2 aromatic heterocycles. The van der Waals surface area contributed by atoms with E-state index in [1.165, 1.54) is 5.56 Å². The molecule has 2 heterocycles. The minimum atomic E-state index is 0.599. The second-order valence-electron chi connectivity index (χ2n) is 8.91. The van der Waals surface area contributed by atoms with Gasteiger partial charge in [-0.1, -0.05) is 66.7 Å². The molecule has 0 atom stereocenters.